The molecule has 0 saturated heterocycles. The number of carbonyl (C=O) groups excluding carboxylic acids is 3. The average molecular weight is 1100 g/mol. The summed E-state index contributed by atoms with van der Waals surface area (Å²) < 4.78 is 105. The van der Waals surface area contributed by atoms with Crippen LogP contribution >= 0.6 is 0 Å². The number of nitrogens with zero attached hydrogens (tertiary/aromatic N) is 5. The molecule has 1 aromatic heterocycles. The number of benzene rings is 4. The highest BCUT2D eigenvalue weighted by atomic mass is 32.2. The molecule has 0 radical (unpaired) electrons. The van der Waals surface area contributed by atoms with Crippen LogP contribution in [0.4, 0.5) is 20.2 Å². The van der Waals surface area contributed by atoms with Gasteiger partial charge in [0.05, 0.1) is 39.7 Å². The van der Waals surface area contributed by atoms with Gasteiger partial charge in [0.2, 0.25) is 11.6 Å². The Morgan fingerprint density at radius 1 is 0.818 bits per heavy atom. The van der Waals surface area contributed by atoms with Gasteiger partial charge in [-0.25, -0.2) is 13.5 Å². The van der Waals surface area contributed by atoms with Crippen LogP contribution in [0.3, 0.4) is 0 Å². The van der Waals surface area contributed by atoms with E-state index in [9.17, 15) is 49.1 Å². The van der Waals surface area contributed by atoms with Gasteiger partial charge in [-0.15, -0.1) is 5.10 Å². The fourth-order valence-corrected chi connectivity index (χ4v) is 10.7. The van der Waals surface area contributed by atoms with Crippen molar-refractivity contribution in [2.45, 2.75) is 119 Å². The highest BCUT2D eigenvalue weighted by molar-refractivity contribution is 7.86. The second kappa shape index (κ2) is 24.0. The zero-order chi connectivity index (χ0) is 55.9. The molecule has 77 heavy (non-hydrogen) atoms. The number of amides is 2. The lowest BCUT2D eigenvalue weighted by Gasteiger charge is -2.27. The summed E-state index contributed by atoms with van der Waals surface area (Å²) in [5.74, 6) is -3.82. The fraction of sp³-hybridized carbons (Fsp3) is 0.357. The summed E-state index contributed by atoms with van der Waals surface area (Å²) in [6, 6.07) is 17.9. The number of ether oxygens (including phenoxy) is 1. The first kappa shape index (κ1) is 57.5. The number of nitrogens with one attached hydrogen (secondary N) is 2. The molecule has 7 rings (SSSR count). The van der Waals surface area contributed by atoms with Gasteiger partial charge in [0.25, 0.3) is 26.1 Å². The van der Waals surface area contributed by atoms with E-state index >= 15 is 0 Å². The molecule has 4 N–H and O–H groups in total. The number of halogens is 2. The Morgan fingerprint density at radius 3 is 2.21 bits per heavy atom. The summed E-state index contributed by atoms with van der Waals surface area (Å²) >= 11 is 0. The van der Waals surface area contributed by atoms with E-state index < -0.39 is 72.8 Å². The number of Topliss-reactive ketones (excluding diaryl/α,β-unsaturated/α-hetero) is 1. The quantitative estimate of drug-likeness (QED) is 0.0196. The highest BCUT2D eigenvalue weighted by Gasteiger charge is 2.44. The van der Waals surface area contributed by atoms with Crippen molar-refractivity contribution >= 4 is 54.9 Å². The Labute approximate surface area is 447 Å². The molecular weight excluding hydrogens is 1030 g/mol. The van der Waals surface area contributed by atoms with Crippen molar-refractivity contribution in [3.8, 4) is 11.4 Å². The first-order valence-corrected chi connectivity index (χ1v) is 28.2. The lowest BCUT2D eigenvalue weighted by Crippen LogP contribution is -2.43. The number of allylic oxidation sites excluding steroid dienone is 6. The minimum Gasteiger partial charge on any atom is -0.480 e. The third-order valence-corrected chi connectivity index (χ3v) is 15.6. The van der Waals surface area contributed by atoms with E-state index in [1.165, 1.54) is 35.0 Å². The van der Waals surface area contributed by atoms with Crippen LogP contribution < -0.4 is 20.3 Å². The summed E-state index contributed by atoms with van der Waals surface area (Å²) in [7, 11) is -6.96. The molecule has 5 aromatic rings. The van der Waals surface area contributed by atoms with Gasteiger partial charge in [-0.05, 0) is 105 Å². The molecule has 4 aromatic carbocycles. The minimum atomic E-state index is -4.47. The first-order valence-electron chi connectivity index (χ1n) is 25.3. The lowest BCUT2D eigenvalue weighted by molar-refractivity contribution is -0.401. The van der Waals surface area contributed by atoms with Crippen LogP contribution in [0.5, 0.6) is 5.75 Å². The van der Waals surface area contributed by atoms with Gasteiger partial charge in [-0.3, -0.25) is 23.5 Å². The summed E-state index contributed by atoms with van der Waals surface area (Å²) in [6.45, 7) is 9.93. The van der Waals surface area contributed by atoms with E-state index in [4.69, 9.17) is 4.74 Å². The Balaban J connectivity index is 0.929. The Kier molecular flexibility index (Phi) is 17.9. The third kappa shape index (κ3) is 13.5. The summed E-state index contributed by atoms with van der Waals surface area (Å²) in [5, 5.41) is 14.0. The number of ketones is 1. The maximum absolute atomic E-state index is 14.1. The summed E-state index contributed by atoms with van der Waals surface area (Å²) in [5.41, 5.74) is 4.86. The second-order valence-electron chi connectivity index (χ2n) is 20.1. The van der Waals surface area contributed by atoms with Crippen molar-refractivity contribution in [3.05, 3.63) is 155 Å². The van der Waals surface area contributed by atoms with E-state index in [1.807, 2.05) is 76.6 Å². The maximum Gasteiger partial charge on any atom is 0.294 e. The highest BCUT2D eigenvalue weighted by Crippen LogP contribution is 2.49. The number of carbonyl (C=O) groups is 3. The molecule has 21 heteroatoms. The Hall–Kier alpha value is -7.20. The molecule has 2 aliphatic rings. The first-order chi connectivity index (χ1) is 36.4. The van der Waals surface area contributed by atoms with Crippen LogP contribution in [0, 0.1) is 11.6 Å². The lowest BCUT2D eigenvalue weighted by atomic mass is 9.81. The van der Waals surface area contributed by atoms with Crippen molar-refractivity contribution < 1.29 is 58.4 Å². The van der Waals surface area contributed by atoms with Gasteiger partial charge in [-0.2, -0.15) is 21.4 Å². The molecule has 2 aliphatic heterocycles. The number of anilines is 1. The van der Waals surface area contributed by atoms with E-state index in [-0.39, 0.29) is 34.2 Å². The smallest absolute Gasteiger partial charge is 0.294 e. The maximum atomic E-state index is 14.1. The van der Waals surface area contributed by atoms with Crippen LogP contribution in [0.25, 0.3) is 5.69 Å². The Morgan fingerprint density at radius 2 is 1.51 bits per heavy atom. The van der Waals surface area contributed by atoms with E-state index in [0.29, 0.717) is 50.0 Å². The molecule has 0 spiro atoms. The number of fused-ring (bicyclic) bond motifs is 2. The van der Waals surface area contributed by atoms with E-state index in [1.54, 1.807) is 42.6 Å². The third-order valence-electron chi connectivity index (χ3n) is 13.9. The summed E-state index contributed by atoms with van der Waals surface area (Å²) in [6.07, 6.45) is 16.0. The van der Waals surface area contributed by atoms with Crippen LogP contribution in [0.15, 0.2) is 131 Å². The molecule has 17 nitrogen and oxygen atoms in total. The zero-order valence-electron chi connectivity index (χ0n) is 43.8. The van der Waals surface area contributed by atoms with Gasteiger partial charge in [0, 0.05) is 53.0 Å². The molecule has 0 unspecified atom stereocenters. The van der Waals surface area contributed by atoms with Gasteiger partial charge in [-0.1, -0.05) is 82.0 Å². The molecule has 0 bridgehead atoms. The van der Waals surface area contributed by atoms with Gasteiger partial charge >= 0.3 is 0 Å². The normalized spacial score (nSPS) is 15.8. The molecule has 2 amide bonds. The van der Waals surface area contributed by atoms with E-state index in [2.05, 4.69) is 25.8 Å². The van der Waals surface area contributed by atoms with Crippen molar-refractivity contribution in [2.24, 2.45) is 0 Å². The number of para-hydroxylation sites is 1. The fourth-order valence-electron chi connectivity index (χ4n) is 9.71. The molecule has 3 heterocycles. The molecule has 0 fully saturated rings. The van der Waals surface area contributed by atoms with Crippen molar-refractivity contribution in [1.82, 2.24) is 25.6 Å². The van der Waals surface area contributed by atoms with E-state index in [0.717, 1.165) is 58.9 Å². The number of unbranched alkanes of at least 4 members (excludes halogenated alkanes) is 4. The molecule has 408 valence electrons. The number of aromatic nitrogens is 3. The second-order valence-corrected chi connectivity index (χ2v) is 22.9. The largest absolute Gasteiger partial charge is 0.480 e. The number of hydrogen-bond donors (Lipinski definition) is 4. The van der Waals surface area contributed by atoms with Crippen LogP contribution in [-0.4, -0.2) is 95.1 Å². The minimum absolute atomic E-state index is 0.0980. The molecule has 1 atom stereocenters. The van der Waals surface area contributed by atoms with Crippen molar-refractivity contribution in [2.75, 3.05) is 25.1 Å². The van der Waals surface area contributed by atoms with Crippen molar-refractivity contribution in [1.29, 1.82) is 0 Å². The van der Waals surface area contributed by atoms with Gasteiger partial charge in [0.1, 0.15) is 19.3 Å². The average Bonchev–Trinajstić information content (AvgIpc) is 4.01. The standard InChI is InChI=1S/C56H63F2N7O10S2/c1-7-8-11-22-46(49(66)36-75-53-44(57)20-17-21-45(53)58)60-54(68)37-18-16-19-39(31-37)65-35-38(61-62-65)34-59-52(67)25-14-10-15-30-64-48-29-27-41(77(72,73)74)33-43(48)56(4,5)51(64)24-13-9-12-23-50-55(2,3)42-32-40(76(69,70)71)26-28-47(42)63(50)6/h9,12-13,16-21,23-24,26-29,31-33,35,46H,7-8,10-11,14-15,22,25,30,34,36H2,1-6H3,(H3-,59,60,67,68,69,70,71,72,73,74)/p+1/t46-/m0/s1. The van der Waals surface area contributed by atoms with Crippen LogP contribution in [0.2, 0.25) is 0 Å². The van der Waals surface area contributed by atoms with Gasteiger partial charge in [0.15, 0.2) is 28.9 Å². The Bertz CT molecular complexity index is 3400. The van der Waals surface area contributed by atoms with Gasteiger partial charge < -0.3 is 20.3 Å². The molecule has 0 saturated carbocycles. The number of hydrogen-bond acceptors (Lipinski definition) is 11. The topological polar surface area (TPSA) is 230 Å². The molecular formula is C56H64F2N7O10S2+. The van der Waals surface area contributed by atoms with Crippen molar-refractivity contribution in [3.63, 3.8) is 0 Å². The SMILES string of the molecule is CCCCC[C@H](NC(=O)c1cccc(-n2cc(CNC(=O)CCCCCN3\C(=C/C=C/C=C/C4=[N+](C)c5ccc(S(=O)(=O)O)cc5C4(C)C)C(C)(C)c4cc(S(=O)(=O)O)ccc43)nn2)c1)C(=O)COc1c(F)cccc1F. The van der Waals surface area contributed by atoms with Crippen LogP contribution in [-0.2, 0) is 47.2 Å². The number of rotatable bonds is 24. The van der Waals surface area contributed by atoms with Crippen LogP contribution in [0.1, 0.15) is 113 Å². The zero-order valence-corrected chi connectivity index (χ0v) is 45.4. The monoisotopic (exact) mass is 1100 g/mol. The molecule has 0 aliphatic carbocycles. The predicted molar refractivity (Wildman–Crippen MR) is 287 cm³/mol. The summed E-state index contributed by atoms with van der Waals surface area (Å²) in [4.78, 5) is 41.4. The predicted octanol–water partition coefficient (Wildman–Crippen LogP) is 9.04.